The van der Waals surface area contributed by atoms with Gasteiger partial charge in [0.15, 0.2) is 0 Å². The Hall–Kier alpha value is -0.870. The van der Waals surface area contributed by atoms with Gasteiger partial charge in [-0.2, -0.15) is 5.10 Å². The van der Waals surface area contributed by atoms with E-state index in [1.807, 2.05) is 12.4 Å². The number of hydrogen-bond acceptors (Lipinski definition) is 3. The first-order valence-corrected chi connectivity index (χ1v) is 6.24. The fourth-order valence-corrected chi connectivity index (χ4v) is 2.29. The Balaban J connectivity index is 1.75. The van der Waals surface area contributed by atoms with Crippen LogP contribution in [0.2, 0.25) is 0 Å². The molecule has 1 aromatic heterocycles. The van der Waals surface area contributed by atoms with E-state index in [2.05, 4.69) is 10.4 Å². The maximum absolute atomic E-state index is 8.79. The van der Waals surface area contributed by atoms with Crippen molar-refractivity contribution in [2.24, 2.45) is 0 Å². The normalized spacial score (nSPS) is 17.8. The third kappa shape index (κ3) is 3.32. The molecule has 0 atom stereocenters. The van der Waals surface area contributed by atoms with E-state index >= 15 is 0 Å². The van der Waals surface area contributed by atoms with E-state index in [1.54, 1.807) is 4.68 Å². The second kappa shape index (κ2) is 6.01. The second-order valence-electron chi connectivity index (χ2n) is 4.55. The minimum Gasteiger partial charge on any atom is -0.394 e. The molecule has 2 N–H and O–H groups in total. The quantitative estimate of drug-likeness (QED) is 0.791. The van der Waals surface area contributed by atoms with Gasteiger partial charge in [0.05, 0.1) is 19.3 Å². The van der Waals surface area contributed by atoms with Crippen molar-refractivity contribution in [3.05, 3.63) is 18.0 Å². The summed E-state index contributed by atoms with van der Waals surface area (Å²) in [7, 11) is 0. The predicted octanol–water partition coefficient (Wildman–Crippen LogP) is 1.30. The van der Waals surface area contributed by atoms with Crippen molar-refractivity contribution < 1.29 is 5.11 Å². The molecule has 4 heteroatoms. The van der Waals surface area contributed by atoms with Crippen LogP contribution in [0.1, 0.15) is 37.7 Å². The summed E-state index contributed by atoms with van der Waals surface area (Å²) < 4.78 is 1.79. The lowest BCUT2D eigenvalue weighted by molar-refractivity contribution is 0.269. The van der Waals surface area contributed by atoms with Gasteiger partial charge in [-0.15, -0.1) is 0 Å². The largest absolute Gasteiger partial charge is 0.394 e. The van der Waals surface area contributed by atoms with Gasteiger partial charge < -0.3 is 10.4 Å². The molecule has 16 heavy (non-hydrogen) atoms. The summed E-state index contributed by atoms with van der Waals surface area (Å²) in [6.07, 6.45) is 10.6. The Labute approximate surface area is 96.7 Å². The number of nitrogens with one attached hydrogen (secondary N) is 1. The molecule has 1 saturated carbocycles. The maximum atomic E-state index is 8.79. The van der Waals surface area contributed by atoms with Crippen LogP contribution in [-0.4, -0.2) is 27.5 Å². The summed E-state index contributed by atoms with van der Waals surface area (Å²) >= 11 is 0. The van der Waals surface area contributed by atoms with E-state index in [9.17, 15) is 0 Å². The van der Waals surface area contributed by atoms with Crippen LogP contribution in [0, 0.1) is 0 Å². The van der Waals surface area contributed by atoms with Gasteiger partial charge in [-0.1, -0.05) is 19.3 Å². The molecule has 0 saturated heterocycles. The number of aliphatic hydroxyl groups is 1. The molecule has 90 valence electrons. The minimum atomic E-state index is 0.150. The van der Waals surface area contributed by atoms with Crippen molar-refractivity contribution in [2.75, 3.05) is 6.61 Å². The molecule has 0 aliphatic heterocycles. The number of aromatic nitrogens is 2. The van der Waals surface area contributed by atoms with Gasteiger partial charge >= 0.3 is 0 Å². The molecule has 2 rings (SSSR count). The third-order valence-electron chi connectivity index (χ3n) is 3.22. The number of aliphatic hydroxyl groups excluding tert-OH is 1. The Morgan fingerprint density at radius 2 is 2.19 bits per heavy atom. The van der Waals surface area contributed by atoms with Gasteiger partial charge in [-0.25, -0.2) is 0 Å². The number of nitrogens with zero attached hydrogens (tertiary/aromatic N) is 2. The average Bonchev–Trinajstić information content (AvgIpc) is 2.76. The van der Waals surface area contributed by atoms with Crippen molar-refractivity contribution in [2.45, 2.75) is 51.2 Å². The Kier molecular flexibility index (Phi) is 4.36. The smallest absolute Gasteiger partial charge is 0.0640 e. The zero-order valence-corrected chi connectivity index (χ0v) is 9.73. The molecule has 1 aliphatic rings. The highest BCUT2D eigenvalue weighted by molar-refractivity contribution is 5.03. The highest BCUT2D eigenvalue weighted by atomic mass is 16.3. The molecule has 1 fully saturated rings. The SMILES string of the molecule is OCCn1cc(CNC2CCCCC2)cn1. The van der Waals surface area contributed by atoms with E-state index in [4.69, 9.17) is 5.11 Å². The van der Waals surface area contributed by atoms with Gasteiger partial charge in [-0.05, 0) is 12.8 Å². The molecular formula is C12H21N3O. The van der Waals surface area contributed by atoms with Gasteiger partial charge in [-0.3, -0.25) is 4.68 Å². The van der Waals surface area contributed by atoms with Gasteiger partial charge in [0, 0.05) is 24.3 Å². The van der Waals surface area contributed by atoms with E-state index in [-0.39, 0.29) is 6.61 Å². The molecule has 0 bridgehead atoms. The van der Waals surface area contributed by atoms with Crippen molar-refractivity contribution in [3.8, 4) is 0 Å². The Morgan fingerprint density at radius 1 is 1.38 bits per heavy atom. The van der Waals surface area contributed by atoms with Crippen LogP contribution in [0.15, 0.2) is 12.4 Å². The van der Waals surface area contributed by atoms with Crippen molar-refractivity contribution in [1.82, 2.24) is 15.1 Å². The van der Waals surface area contributed by atoms with Crippen LogP contribution < -0.4 is 5.32 Å². The van der Waals surface area contributed by atoms with Crippen LogP contribution in [0.4, 0.5) is 0 Å². The van der Waals surface area contributed by atoms with E-state index in [1.165, 1.54) is 37.7 Å². The molecule has 1 aliphatic carbocycles. The van der Waals surface area contributed by atoms with E-state index in [0.717, 1.165) is 6.54 Å². The third-order valence-corrected chi connectivity index (χ3v) is 3.22. The zero-order chi connectivity index (χ0) is 11.2. The average molecular weight is 223 g/mol. The fourth-order valence-electron chi connectivity index (χ4n) is 2.29. The highest BCUT2D eigenvalue weighted by Crippen LogP contribution is 2.17. The molecule has 4 nitrogen and oxygen atoms in total. The number of hydrogen-bond donors (Lipinski definition) is 2. The van der Waals surface area contributed by atoms with Crippen LogP contribution in [0.25, 0.3) is 0 Å². The van der Waals surface area contributed by atoms with Gasteiger partial charge in [0.1, 0.15) is 0 Å². The number of rotatable bonds is 5. The maximum Gasteiger partial charge on any atom is 0.0640 e. The Morgan fingerprint density at radius 3 is 2.94 bits per heavy atom. The summed E-state index contributed by atoms with van der Waals surface area (Å²) in [6, 6.07) is 0.690. The summed E-state index contributed by atoms with van der Waals surface area (Å²) in [5, 5.41) is 16.6. The molecule has 0 aromatic carbocycles. The molecule has 0 amide bonds. The van der Waals surface area contributed by atoms with Crippen LogP contribution in [-0.2, 0) is 13.1 Å². The van der Waals surface area contributed by atoms with E-state index < -0.39 is 0 Å². The molecule has 0 spiro atoms. The van der Waals surface area contributed by atoms with Crippen molar-refractivity contribution in [3.63, 3.8) is 0 Å². The van der Waals surface area contributed by atoms with Crippen molar-refractivity contribution >= 4 is 0 Å². The first-order chi connectivity index (χ1) is 7.88. The van der Waals surface area contributed by atoms with Crippen LogP contribution in [0.5, 0.6) is 0 Å². The molecular weight excluding hydrogens is 202 g/mol. The molecule has 1 aromatic rings. The van der Waals surface area contributed by atoms with Crippen molar-refractivity contribution in [1.29, 1.82) is 0 Å². The molecule has 1 heterocycles. The minimum absolute atomic E-state index is 0.150. The predicted molar refractivity (Wildman–Crippen MR) is 63.0 cm³/mol. The zero-order valence-electron chi connectivity index (χ0n) is 9.73. The summed E-state index contributed by atoms with van der Waals surface area (Å²) in [5.41, 5.74) is 1.21. The standard InChI is InChI=1S/C12H21N3O/c16-7-6-15-10-11(9-14-15)8-13-12-4-2-1-3-5-12/h9-10,12-13,16H,1-8H2. The van der Waals surface area contributed by atoms with Crippen LogP contribution in [0.3, 0.4) is 0 Å². The summed E-state index contributed by atoms with van der Waals surface area (Å²) in [5.74, 6) is 0. The molecule has 0 unspecified atom stereocenters. The summed E-state index contributed by atoms with van der Waals surface area (Å²) in [6.45, 7) is 1.64. The van der Waals surface area contributed by atoms with Gasteiger partial charge in [0.2, 0.25) is 0 Å². The lowest BCUT2D eigenvalue weighted by Crippen LogP contribution is -2.30. The first kappa shape index (κ1) is 11.6. The first-order valence-electron chi connectivity index (χ1n) is 6.24. The molecule has 0 radical (unpaired) electrons. The monoisotopic (exact) mass is 223 g/mol. The fraction of sp³-hybridized carbons (Fsp3) is 0.750. The topological polar surface area (TPSA) is 50.1 Å². The van der Waals surface area contributed by atoms with Gasteiger partial charge in [0.25, 0.3) is 0 Å². The Bertz CT molecular complexity index is 305. The van der Waals surface area contributed by atoms with E-state index in [0.29, 0.717) is 12.6 Å². The second-order valence-corrected chi connectivity index (χ2v) is 4.55. The van der Waals surface area contributed by atoms with Crippen LogP contribution >= 0.6 is 0 Å². The summed E-state index contributed by atoms with van der Waals surface area (Å²) in [4.78, 5) is 0. The lowest BCUT2D eigenvalue weighted by Gasteiger charge is -2.22. The lowest BCUT2D eigenvalue weighted by atomic mass is 9.95. The highest BCUT2D eigenvalue weighted by Gasteiger charge is 2.12.